The number of hydrogen-bond acceptors (Lipinski definition) is 6. The molecule has 1 saturated heterocycles. The smallest absolute Gasteiger partial charge is 0.184 e. The molecule has 0 aromatic carbocycles. The van der Waals surface area contributed by atoms with Crippen LogP contribution in [0.4, 0.5) is 10.1 Å². The van der Waals surface area contributed by atoms with Crippen molar-refractivity contribution in [3.05, 3.63) is 6.20 Å². The van der Waals surface area contributed by atoms with Crippen LogP contribution in [0.3, 0.4) is 0 Å². The summed E-state index contributed by atoms with van der Waals surface area (Å²) in [6.07, 6.45) is 2.34. The first kappa shape index (κ1) is 10.7. The minimum absolute atomic E-state index is 0.208. The predicted octanol–water partition coefficient (Wildman–Crippen LogP) is 0.572. The second-order valence-corrected chi connectivity index (χ2v) is 7.01. The van der Waals surface area contributed by atoms with Gasteiger partial charge in [0.1, 0.15) is 5.00 Å². The van der Waals surface area contributed by atoms with Crippen molar-refractivity contribution in [3.8, 4) is 0 Å². The number of aromatic nitrogens is 1. The summed E-state index contributed by atoms with van der Waals surface area (Å²) < 4.78 is 22.4. The van der Waals surface area contributed by atoms with Crippen molar-refractivity contribution in [1.29, 1.82) is 0 Å². The molecule has 0 saturated carbocycles. The van der Waals surface area contributed by atoms with E-state index < -0.39 is 9.84 Å². The van der Waals surface area contributed by atoms with Crippen molar-refractivity contribution < 1.29 is 8.42 Å². The molecular weight excluding hydrogens is 234 g/mol. The Hall–Kier alpha value is -0.820. The van der Waals surface area contributed by atoms with Crippen molar-refractivity contribution in [2.45, 2.75) is 6.42 Å². The van der Waals surface area contributed by atoms with Gasteiger partial charge >= 0.3 is 0 Å². The van der Waals surface area contributed by atoms with Crippen molar-refractivity contribution >= 4 is 31.3 Å². The summed E-state index contributed by atoms with van der Waals surface area (Å²) in [7, 11) is -2.78. The summed E-state index contributed by atoms with van der Waals surface area (Å²) in [4.78, 5) is 4.05. The fraction of sp³-hybridized carbons (Fsp3) is 0.625. The number of nitrogens with two attached hydrogens (primary N) is 1. The normalized spacial score (nSPS) is 24.1. The summed E-state index contributed by atoms with van der Waals surface area (Å²) in [5.74, 6) is 0.820. The molecule has 1 unspecified atom stereocenters. The van der Waals surface area contributed by atoms with Crippen LogP contribution in [-0.4, -0.2) is 31.5 Å². The number of rotatable bonds is 3. The molecule has 1 aromatic heterocycles. The molecule has 2 rings (SSSR count). The lowest BCUT2D eigenvalue weighted by molar-refractivity contribution is 0.596. The molecular formula is C8H13N3O2S2. The highest BCUT2D eigenvalue weighted by atomic mass is 32.2. The van der Waals surface area contributed by atoms with Crippen LogP contribution in [0.2, 0.25) is 0 Å². The maximum Gasteiger partial charge on any atom is 0.184 e. The van der Waals surface area contributed by atoms with E-state index >= 15 is 0 Å². The Balaban J connectivity index is 1.85. The molecule has 7 heteroatoms. The minimum Gasteiger partial charge on any atom is -0.389 e. The fourth-order valence-electron chi connectivity index (χ4n) is 1.63. The number of sulfone groups is 1. The Bertz CT molecular complexity index is 440. The molecule has 0 spiro atoms. The second-order valence-electron chi connectivity index (χ2n) is 3.72. The first-order valence-electron chi connectivity index (χ1n) is 4.71. The predicted molar refractivity (Wildman–Crippen MR) is 61.8 cm³/mol. The minimum atomic E-state index is -2.78. The lowest BCUT2D eigenvalue weighted by Gasteiger charge is -2.07. The third kappa shape index (κ3) is 2.82. The zero-order valence-corrected chi connectivity index (χ0v) is 9.77. The summed E-state index contributed by atoms with van der Waals surface area (Å²) in [5.41, 5.74) is 5.53. The topological polar surface area (TPSA) is 85.1 Å². The van der Waals surface area contributed by atoms with Gasteiger partial charge in [-0.05, 0) is 12.3 Å². The third-order valence-corrected chi connectivity index (χ3v) is 5.01. The highest BCUT2D eigenvalue weighted by Gasteiger charge is 2.27. The van der Waals surface area contributed by atoms with E-state index in [0.29, 0.717) is 23.1 Å². The quantitative estimate of drug-likeness (QED) is 0.815. The van der Waals surface area contributed by atoms with E-state index in [0.717, 1.165) is 11.6 Å². The highest BCUT2D eigenvalue weighted by Crippen LogP contribution is 2.22. The summed E-state index contributed by atoms with van der Waals surface area (Å²) in [6.45, 7) is 0.659. The molecule has 1 aliphatic heterocycles. The summed E-state index contributed by atoms with van der Waals surface area (Å²) >= 11 is 1.38. The van der Waals surface area contributed by atoms with E-state index in [1.54, 1.807) is 6.20 Å². The Morgan fingerprint density at radius 1 is 1.67 bits per heavy atom. The maximum atomic E-state index is 11.2. The zero-order chi connectivity index (χ0) is 10.9. The van der Waals surface area contributed by atoms with Crippen LogP contribution in [0, 0.1) is 5.92 Å². The van der Waals surface area contributed by atoms with Gasteiger partial charge in [0.05, 0.1) is 17.7 Å². The Morgan fingerprint density at radius 3 is 3.00 bits per heavy atom. The number of anilines is 2. The van der Waals surface area contributed by atoms with Crippen LogP contribution in [-0.2, 0) is 9.84 Å². The monoisotopic (exact) mass is 247 g/mol. The number of nitrogens with zero attached hydrogens (tertiary/aromatic N) is 1. The van der Waals surface area contributed by atoms with Crippen LogP contribution in [0.15, 0.2) is 6.20 Å². The van der Waals surface area contributed by atoms with Gasteiger partial charge in [-0.15, -0.1) is 0 Å². The van der Waals surface area contributed by atoms with Gasteiger partial charge in [0.25, 0.3) is 0 Å². The lowest BCUT2D eigenvalue weighted by Crippen LogP contribution is -2.15. The van der Waals surface area contributed by atoms with Gasteiger partial charge in [0.15, 0.2) is 15.0 Å². The van der Waals surface area contributed by atoms with E-state index in [-0.39, 0.29) is 5.92 Å². The fourth-order valence-corrected chi connectivity index (χ4v) is 4.08. The molecule has 0 amide bonds. The van der Waals surface area contributed by atoms with Gasteiger partial charge in [-0.1, -0.05) is 11.3 Å². The molecule has 15 heavy (non-hydrogen) atoms. The summed E-state index contributed by atoms with van der Waals surface area (Å²) in [5, 5.41) is 4.53. The molecule has 0 aliphatic carbocycles. The van der Waals surface area contributed by atoms with Crippen LogP contribution in [0.5, 0.6) is 0 Å². The van der Waals surface area contributed by atoms with Gasteiger partial charge in [-0.25, -0.2) is 13.4 Å². The molecule has 3 N–H and O–H groups in total. The van der Waals surface area contributed by atoms with Crippen molar-refractivity contribution in [2.24, 2.45) is 5.92 Å². The lowest BCUT2D eigenvalue weighted by atomic mass is 10.1. The molecule has 0 bridgehead atoms. The Kier molecular flexibility index (Phi) is 2.83. The molecule has 2 heterocycles. The molecule has 1 aliphatic rings. The Labute approximate surface area is 92.6 Å². The van der Waals surface area contributed by atoms with Gasteiger partial charge in [-0.3, -0.25) is 0 Å². The van der Waals surface area contributed by atoms with Gasteiger partial charge < -0.3 is 11.1 Å². The molecule has 1 atom stereocenters. The largest absolute Gasteiger partial charge is 0.389 e. The van der Waals surface area contributed by atoms with E-state index in [1.165, 1.54) is 11.3 Å². The first-order chi connectivity index (χ1) is 7.05. The summed E-state index contributed by atoms with van der Waals surface area (Å²) in [6, 6.07) is 0. The average molecular weight is 247 g/mol. The number of nitrogen functional groups attached to an aromatic ring is 1. The zero-order valence-electron chi connectivity index (χ0n) is 8.14. The molecule has 1 fully saturated rings. The number of nitrogens with one attached hydrogen (secondary N) is 1. The van der Waals surface area contributed by atoms with Crippen LogP contribution >= 0.6 is 11.3 Å². The van der Waals surface area contributed by atoms with Crippen LogP contribution in [0.25, 0.3) is 0 Å². The number of thiazole rings is 1. The molecule has 1 aromatic rings. The van der Waals surface area contributed by atoms with E-state index in [4.69, 9.17) is 5.73 Å². The number of hydrogen-bond donors (Lipinski definition) is 2. The van der Waals surface area contributed by atoms with Crippen molar-refractivity contribution in [3.63, 3.8) is 0 Å². The van der Waals surface area contributed by atoms with Gasteiger partial charge in [0, 0.05) is 6.54 Å². The van der Waals surface area contributed by atoms with Gasteiger partial charge in [0.2, 0.25) is 0 Å². The molecule has 5 nitrogen and oxygen atoms in total. The molecule has 84 valence electrons. The van der Waals surface area contributed by atoms with E-state index in [9.17, 15) is 8.42 Å². The third-order valence-electron chi connectivity index (χ3n) is 2.39. The van der Waals surface area contributed by atoms with Gasteiger partial charge in [-0.2, -0.15) is 0 Å². The Morgan fingerprint density at radius 2 is 2.47 bits per heavy atom. The maximum absolute atomic E-state index is 11.2. The average Bonchev–Trinajstić information content (AvgIpc) is 2.69. The van der Waals surface area contributed by atoms with Crippen molar-refractivity contribution in [1.82, 2.24) is 4.98 Å². The standard InChI is InChI=1S/C8H13N3O2S2/c9-7-4-11-8(14-7)10-3-6-1-2-15(12,13)5-6/h4,6H,1-3,5,9H2,(H,10,11). The SMILES string of the molecule is Nc1cnc(NCC2CCS(=O)(=O)C2)s1. The van der Waals surface area contributed by atoms with E-state index in [1.807, 2.05) is 0 Å². The van der Waals surface area contributed by atoms with E-state index in [2.05, 4.69) is 10.3 Å². The highest BCUT2D eigenvalue weighted by molar-refractivity contribution is 7.91. The second kappa shape index (κ2) is 3.97. The van der Waals surface area contributed by atoms with Crippen molar-refractivity contribution in [2.75, 3.05) is 29.1 Å². The molecule has 0 radical (unpaired) electrons. The van der Waals surface area contributed by atoms with Crippen LogP contribution in [0.1, 0.15) is 6.42 Å². The van der Waals surface area contributed by atoms with Crippen LogP contribution < -0.4 is 11.1 Å². The first-order valence-corrected chi connectivity index (χ1v) is 7.34.